The summed E-state index contributed by atoms with van der Waals surface area (Å²) in [6.07, 6.45) is 0.638. The lowest BCUT2D eigenvalue weighted by Crippen LogP contribution is -2.52. The van der Waals surface area contributed by atoms with Gasteiger partial charge in [0.1, 0.15) is 6.04 Å². The maximum absolute atomic E-state index is 12.0. The van der Waals surface area contributed by atoms with Gasteiger partial charge in [-0.3, -0.25) is 14.9 Å². The number of nitrogens with one attached hydrogen (secondary N) is 1. The van der Waals surface area contributed by atoms with Crippen molar-refractivity contribution in [1.82, 2.24) is 10.2 Å². The monoisotopic (exact) mass is 242 g/mol. The fourth-order valence-electron chi connectivity index (χ4n) is 2.08. The van der Waals surface area contributed by atoms with E-state index in [4.69, 9.17) is 9.47 Å². The molecule has 6 heteroatoms. The topological polar surface area (TPSA) is 67.9 Å². The number of morpholine rings is 1. The van der Waals surface area contributed by atoms with Gasteiger partial charge in [-0.2, -0.15) is 0 Å². The lowest BCUT2D eigenvalue weighted by atomic mass is 10.2. The first-order chi connectivity index (χ1) is 8.18. The average Bonchev–Trinajstić information content (AvgIpc) is 2.75. The molecule has 0 bridgehead atoms. The fourth-order valence-corrected chi connectivity index (χ4v) is 2.08. The van der Waals surface area contributed by atoms with Gasteiger partial charge < -0.3 is 14.4 Å². The third kappa shape index (κ3) is 2.95. The molecule has 96 valence electrons. The number of ether oxygens (including phenoxy) is 2. The molecule has 1 amide bonds. The number of esters is 1. The van der Waals surface area contributed by atoms with Gasteiger partial charge in [-0.15, -0.1) is 0 Å². The van der Waals surface area contributed by atoms with Crippen LogP contribution in [0, 0.1) is 0 Å². The van der Waals surface area contributed by atoms with Crippen molar-refractivity contribution in [1.29, 1.82) is 0 Å². The highest BCUT2D eigenvalue weighted by Gasteiger charge is 2.31. The van der Waals surface area contributed by atoms with Crippen LogP contribution < -0.4 is 5.32 Å². The third-order valence-electron chi connectivity index (χ3n) is 3.08. The van der Waals surface area contributed by atoms with E-state index < -0.39 is 0 Å². The van der Waals surface area contributed by atoms with E-state index in [9.17, 15) is 9.59 Å². The van der Waals surface area contributed by atoms with Gasteiger partial charge in [0.2, 0.25) is 5.91 Å². The van der Waals surface area contributed by atoms with Gasteiger partial charge in [0, 0.05) is 19.5 Å². The van der Waals surface area contributed by atoms with E-state index in [0.29, 0.717) is 39.3 Å². The molecule has 0 aromatic heterocycles. The molecule has 6 nitrogen and oxygen atoms in total. The van der Waals surface area contributed by atoms with Crippen LogP contribution in [-0.2, 0) is 19.1 Å². The zero-order valence-electron chi connectivity index (χ0n) is 9.98. The van der Waals surface area contributed by atoms with Crippen LogP contribution in [0.4, 0.5) is 0 Å². The first kappa shape index (κ1) is 12.3. The number of cyclic esters (lactones) is 1. The molecule has 0 spiro atoms. The van der Waals surface area contributed by atoms with Gasteiger partial charge in [0.25, 0.3) is 0 Å². The van der Waals surface area contributed by atoms with Crippen LogP contribution in [0.25, 0.3) is 0 Å². The molecule has 2 heterocycles. The smallest absolute Gasteiger partial charge is 0.323 e. The van der Waals surface area contributed by atoms with Gasteiger partial charge in [-0.25, -0.2) is 0 Å². The van der Waals surface area contributed by atoms with Gasteiger partial charge in [-0.1, -0.05) is 0 Å². The molecule has 0 aliphatic carbocycles. The maximum Gasteiger partial charge on any atom is 0.323 e. The van der Waals surface area contributed by atoms with Crippen LogP contribution in [0.5, 0.6) is 0 Å². The summed E-state index contributed by atoms with van der Waals surface area (Å²) < 4.78 is 10.0. The number of hydrogen-bond donors (Lipinski definition) is 1. The molecule has 0 radical (unpaired) electrons. The quantitative estimate of drug-likeness (QED) is 0.652. The minimum Gasteiger partial charge on any atom is -0.464 e. The summed E-state index contributed by atoms with van der Waals surface area (Å²) in [6.45, 7) is 4.64. The lowest BCUT2D eigenvalue weighted by Gasteiger charge is -2.30. The standard InChI is InChI=1S/C11H18N2O4/c1-8(12-9-2-5-17-11(9)15)10(14)13-3-6-16-7-4-13/h8-9,12H,2-7H2,1H3. The molecule has 2 unspecified atom stereocenters. The number of hydrogen-bond acceptors (Lipinski definition) is 5. The van der Waals surface area contributed by atoms with Gasteiger partial charge in [-0.05, 0) is 6.92 Å². The minimum absolute atomic E-state index is 0.0213. The summed E-state index contributed by atoms with van der Waals surface area (Å²) in [5.74, 6) is -0.236. The van der Waals surface area contributed by atoms with Gasteiger partial charge >= 0.3 is 5.97 Å². The van der Waals surface area contributed by atoms with E-state index in [1.165, 1.54) is 0 Å². The first-order valence-corrected chi connectivity index (χ1v) is 5.97. The van der Waals surface area contributed by atoms with E-state index in [1.54, 1.807) is 11.8 Å². The summed E-state index contributed by atoms with van der Waals surface area (Å²) in [4.78, 5) is 25.1. The van der Waals surface area contributed by atoms with E-state index in [1.807, 2.05) is 0 Å². The number of nitrogens with zero attached hydrogens (tertiary/aromatic N) is 1. The Morgan fingerprint density at radius 1 is 1.41 bits per heavy atom. The molecule has 2 fully saturated rings. The van der Waals surface area contributed by atoms with Gasteiger partial charge in [0.15, 0.2) is 0 Å². The maximum atomic E-state index is 12.0. The van der Waals surface area contributed by atoms with Crippen LogP contribution in [0.3, 0.4) is 0 Å². The summed E-state index contributed by atoms with van der Waals surface area (Å²) in [6, 6.07) is -0.696. The Balaban J connectivity index is 1.83. The molecule has 2 aliphatic heterocycles. The molecule has 0 aromatic rings. The molecule has 2 aliphatic rings. The normalized spacial score (nSPS) is 26.8. The second-order valence-electron chi connectivity index (χ2n) is 4.33. The van der Waals surface area contributed by atoms with E-state index in [0.717, 1.165) is 0 Å². The highest BCUT2D eigenvalue weighted by molar-refractivity contribution is 5.83. The molecular formula is C11H18N2O4. The van der Waals surface area contributed by atoms with Crippen molar-refractivity contribution < 1.29 is 19.1 Å². The van der Waals surface area contributed by atoms with Crippen molar-refractivity contribution in [2.75, 3.05) is 32.9 Å². The van der Waals surface area contributed by atoms with Crippen LogP contribution in [0.1, 0.15) is 13.3 Å². The Labute approximate surface area is 100 Å². The van der Waals surface area contributed by atoms with Crippen molar-refractivity contribution in [3.8, 4) is 0 Å². The number of rotatable bonds is 3. The lowest BCUT2D eigenvalue weighted by molar-refractivity contribution is -0.141. The van der Waals surface area contributed by atoms with E-state index >= 15 is 0 Å². The van der Waals surface area contributed by atoms with Crippen LogP contribution >= 0.6 is 0 Å². The molecular weight excluding hydrogens is 224 g/mol. The van der Waals surface area contributed by atoms with Crippen molar-refractivity contribution in [3.63, 3.8) is 0 Å². The van der Waals surface area contributed by atoms with Gasteiger partial charge in [0.05, 0.1) is 25.9 Å². The Morgan fingerprint density at radius 2 is 2.12 bits per heavy atom. The Hall–Kier alpha value is -1.14. The SMILES string of the molecule is CC(NC1CCOC1=O)C(=O)N1CCOCC1. The van der Waals surface area contributed by atoms with Crippen molar-refractivity contribution in [2.45, 2.75) is 25.4 Å². The van der Waals surface area contributed by atoms with E-state index in [2.05, 4.69) is 5.32 Å². The Morgan fingerprint density at radius 3 is 2.71 bits per heavy atom. The zero-order valence-corrected chi connectivity index (χ0v) is 9.98. The predicted molar refractivity (Wildman–Crippen MR) is 59.4 cm³/mol. The molecule has 2 atom stereocenters. The molecule has 2 saturated heterocycles. The van der Waals surface area contributed by atoms with Crippen molar-refractivity contribution in [3.05, 3.63) is 0 Å². The second kappa shape index (κ2) is 5.46. The second-order valence-corrected chi connectivity index (χ2v) is 4.33. The van der Waals surface area contributed by atoms with Crippen molar-refractivity contribution in [2.24, 2.45) is 0 Å². The molecule has 2 rings (SSSR count). The molecule has 0 aromatic carbocycles. The molecule has 1 N–H and O–H groups in total. The highest BCUT2D eigenvalue weighted by atomic mass is 16.5. The summed E-state index contributed by atoms with van der Waals surface area (Å²) in [5, 5.41) is 3.02. The number of carbonyl (C=O) groups excluding carboxylic acids is 2. The number of carbonyl (C=O) groups is 2. The Bertz CT molecular complexity index is 302. The summed E-state index contributed by atoms with van der Waals surface area (Å²) in [5.41, 5.74) is 0. The Kier molecular flexibility index (Phi) is 3.96. The average molecular weight is 242 g/mol. The van der Waals surface area contributed by atoms with Crippen LogP contribution in [0.2, 0.25) is 0 Å². The summed E-state index contributed by atoms with van der Waals surface area (Å²) in [7, 11) is 0. The van der Waals surface area contributed by atoms with Crippen LogP contribution in [-0.4, -0.2) is 61.8 Å². The molecule has 17 heavy (non-hydrogen) atoms. The van der Waals surface area contributed by atoms with E-state index in [-0.39, 0.29) is 24.0 Å². The summed E-state index contributed by atoms with van der Waals surface area (Å²) >= 11 is 0. The van der Waals surface area contributed by atoms with Crippen molar-refractivity contribution >= 4 is 11.9 Å². The largest absolute Gasteiger partial charge is 0.464 e. The third-order valence-corrected chi connectivity index (χ3v) is 3.08. The molecule has 0 saturated carbocycles. The first-order valence-electron chi connectivity index (χ1n) is 5.97. The minimum atomic E-state index is -0.358. The highest BCUT2D eigenvalue weighted by Crippen LogP contribution is 2.08. The zero-order chi connectivity index (χ0) is 12.3. The number of amides is 1. The predicted octanol–water partition coefficient (Wildman–Crippen LogP) is -0.861. The fraction of sp³-hybridized carbons (Fsp3) is 0.818. The van der Waals surface area contributed by atoms with Crippen LogP contribution in [0.15, 0.2) is 0 Å².